The minimum atomic E-state index is -3.95. The van der Waals surface area contributed by atoms with Crippen molar-refractivity contribution in [3.63, 3.8) is 0 Å². The fraction of sp³-hybridized carbons (Fsp3) is 0.290. The molecule has 0 radical (unpaired) electrons. The molecular formula is C31H31FN4O4S. The number of piperidine rings is 1. The topological polar surface area (TPSA) is 86.4 Å². The van der Waals surface area contributed by atoms with Crippen LogP contribution in [0.4, 0.5) is 9.18 Å². The minimum absolute atomic E-state index is 0.127. The molecule has 10 heteroatoms. The van der Waals surface area contributed by atoms with Crippen LogP contribution in [0.25, 0.3) is 32.9 Å². The van der Waals surface area contributed by atoms with E-state index in [1.807, 2.05) is 49.8 Å². The zero-order valence-electron chi connectivity index (χ0n) is 23.1. The normalized spacial score (nSPS) is 15.1. The number of fused-ring (bicyclic) bond motifs is 2. The second-order valence-electron chi connectivity index (χ2n) is 11.4. The lowest BCUT2D eigenvalue weighted by molar-refractivity contribution is 0.0185. The van der Waals surface area contributed by atoms with Gasteiger partial charge in [-0.05, 0) is 81.6 Å². The summed E-state index contributed by atoms with van der Waals surface area (Å²) in [5.41, 5.74) is 2.04. The third-order valence-electron chi connectivity index (χ3n) is 7.36. The molecule has 0 aliphatic carbocycles. The zero-order chi connectivity index (χ0) is 28.9. The molecule has 41 heavy (non-hydrogen) atoms. The third-order valence-corrected chi connectivity index (χ3v) is 9.05. The highest BCUT2D eigenvalue weighted by atomic mass is 32.2. The number of hydrogen-bond acceptors (Lipinski definition) is 5. The lowest BCUT2D eigenvalue weighted by atomic mass is 10.0. The number of hydrogen-bond donors (Lipinski definition) is 0. The Bertz CT molecular complexity index is 1870. The molecule has 0 bridgehead atoms. The second-order valence-corrected chi connectivity index (χ2v) is 13.2. The molecule has 1 aliphatic rings. The molecule has 1 fully saturated rings. The summed E-state index contributed by atoms with van der Waals surface area (Å²) in [7, 11) is -3.95. The van der Waals surface area contributed by atoms with Gasteiger partial charge in [0.15, 0.2) is 0 Å². The Kier molecular flexibility index (Phi) is 6.60. The molecule has 1 saturated heterocycles. The Labute approximate surface area is 238 Å². The Hall–Kier alpha value is -4.18. The first-order valence-electron chi connectivity index (χ1n) is 13.6. The van der Waals surface area contributed by atoms with Crippen LogP contribution >= 0.6 is 0 Å². The highest BCUT2D eigenvalue weighted by Crippen LogP contribution is 2.35. The van der Waals surface area contributed by atoms with Gasteiger partial charge >= 0.3 is 6.09 Å². The molecule has 0 atom stereocenters. The zero-order valence-corrected chi connectivity index (χ0v) is 23.9. The first-order valence-corrected chi connectivity index (χ1v) is 15.0. The Balaban J connectivity index is 1.31. The predicted octanol–water partition coefficient (Wildman–Crippen LogP) is 6.61. The molecule has 6 rings (SSSR count). The Morgan fingerprint density at radius 3 is 2.41 bits per heavy atom. The largest absolute Gasteiger partial charge is 0.444 e. The predicted molar refractivity (Wildman–Crippen MR) is 156 cm³/mol. The molecule has 0 saturated carbocycles. The van der Waals surface area contributed by atoms with Gasteiger partial charge < -0.3 is 9.64 Å². The summed E-state index contributed by atoms with van der Waals surface area (Å²) >= 11 is 0. The number of carbonyl (C=O) groups is 1. The number of ether oxygens (including phenoxy) is 1. The van der Waals surface area contributed by atoms with Gasteiger partial charge in [-0.25, -0.2) is 21.6 Å². The van der Waals surface area contributed by atoms with E-state index in [0.717, 1.165) is 33.3 Å². The number of benzene rings is 3. The van der Waals surface area contributed by atoms with Gasteiger partial charge in [0.25, 0.3) is 10.0 Å². The van der Waals surface area contributed by atoms with E-state index in [4.69, 9.17) is 9.84 Å². The molecule has 0 N–H and O–H groups in total. The quantitative estimate of drug-likeness (QED) is 0.241. The van der Waals surface area contributed by atoms with E-state index in [2.05, 4.69) is 0 Å². The number of amides is 1. The van der Waals surface area contributed by atoms with Gasteiger partial charge in [-0.2, -0.15) is 5.10 Å². The van der Waals surface area contributed by atoms with Gasteiger partial charge in [0.05, 0.1) is 22.0 Å². The van der Waals surface area contributed by atoms with Crippen LogP contribution in [0.3, 0.4) is 0 Å². The van der Waals surface area contributed by atoms with Crippen molar-refractivity contribution in [1.29, 1.82) is 0 Å². The molecule has 1 aliphatic heterocycles. The average molecular weight is 575 g/mol. The molecule has 5 aromatic rings. The fourth-order valence-electron chi connectivity index (χ4n) is 5.34. The summed E-state index contributed by atoms with van der Waals surface area (Å²) in [6.07, 6.45) is 4.78. The van der Waals surface area contributed by atoms with E-state index in [1.165, 1.54) is 24.3 Å². The number of likely N-dealkylation sites (tertiary alicyclic amines) is 1. The summed E-state index contributed by atoms with van der Waals surface area (Å²) in [5.74, 6) is -0.513. The maximum atomic E-state index is 14.3. The van der Waals surface area contributed by atoms with Gasteiger partial charge in [0, 0.05) is 41.8 Å². The van der Waals surface area contributed by atoms with Crippen LogP contribution in [-0.4, -0.2) is 51.9 Å². The number of rotatable bonds is 4. The van der Waals surface area contributed by atoms with Crippen LogP contribution < -0.4 is 0 Å². The third kappa shape index (κ3) is 5.19. The minimum Gasteiger partial charge on any atom is -0.444 e. The summed E-state index contributed by atoms with van der Waals surface area (Å²) in [4.78, 5) is 14.3. The van der Waals surface area contributed by atoms with E-state index in [-0.39, 0.29) is 22.5 Å². The van der Waals surface area contributed by atoms with Crippen LogP contribution in [0.15, 0.2) is 84.0 Å². The molecule has 8 nitrogen and oxygen atoms in total. The number of aromatic nitrogens is 3. The van der Waals surface area contributed by atoms with Crippen molar-refractivity contribution in [2.75, 3.05) is 13.1 Å². The van der Waals surface area contributed by atoms with E-state index >= 15 is 0 Å². The SMILES string of the molecule is CC(C)(C)OC(=O)N1CCC(n2cc3cc(-c4cn(S(=O)(=O)c5ccccc5)c5cc(F)ccc45)ccc3n2)CC1. The first kappa shape index (κ1) is 27.0. The van der Waals surface area contributed by atoms with Crippen LogP contribution in [0.2, 0.25) is 0 Å². The van der Waals surface area contributed by atoms with Crippen molar-refractivity contribution in [3.8, 4) is 11.1 Å². The highest BCUT2D eigenvalue weighted by molar-refractivity contribution is 7.90. The number of carbonyl (C=O) groups excluding carboxylic acids is 1. The molecular weight excluding hydrogens is 543 g/mol. The summed E-state index contributed by atoms with van der Waals surface area (Å²) < 4.78 is 50.0. The van der Waals surface area contributed by atoms with Gasteiger partial charge in [0.2, 0.25) is 0 Å². The number of nitrogens with zero attached hydrogens (tertiary/aromatic N) is 4. The molecule has 212 valence electrons. The Morgan fingerprint density at radius 2 is 1.71 bits per heavy atom. The maximum Gasteiger partial charge on any atom is 0.410 e. The van der Waals surface area contributed by atoms with Crippen molar-refractivity contribution in [1.82, 2.24) is 18.7 Å². The highest BCUT2D eigenvalue weighted by Gasteiger charge is 2.28. The molecule has 3 aromatic carbocycles. The molecule has 1 amide bonds. The van der Waals surface area contributed by atoms with Crippen LogP contribution in [0.5, 0.6) is 0 Å². The monoisotopic (exact) mass is 574 g/mol. The fourth-order valence-corrected chi connectivity index (χ4v) is 6.73. The van der Waals surface area contributed by atoms with Gasteiger partial charge in [-0.1, -0.05) is 24.3 Å². The second kappa shape index (κ2) is 10.0. The standard InChI is InChI=1S/C31H31FN4O4S/c1-31(2,3)40-30(37)34-15-13-24(14-16-34)35-19-22-17-21(9-12-28(22)33-35)27-20-36(29-18-23(32)10-11-26(27)29)41(38,39)25-7-5-4-6-8-25/h4-12,17-20,24H,13-16H2,1-3H3. The van der Waals surface area contributed by atoms with Crippen molar-refractivity contribution in [3.05, 3.63) is 84.9 Å². The molecule has 0 unspecified atom stereocenters. The Morgan fingerprint density at radius 1 is 0.976 bits per heavy atom. The average Bonchev–Trinajstić information content (AvgIpc) is 3.54. The van der Waals surface area contributed by atoms with Crippen molar-refractivity contribution < 1.29 is 22.3 Å². The van der Waals surface area contributed by atoms with Crippen molar-refractivity contribution in [2.45, 2.75) is 50.2 Å². The van der Waals surface area contributed by atoms with E-state index < -0.39 is 21.4 Å². The van der Waals surface area contributed by atoms with Crippen LogP contribution in [-0.2, 0) is 14.8 Å². The summed E-state index contributed by atoms with van der Waals surface area (Å²) in [6, 6.07) is 18.3. The molecule has 0 spiro atoms. The van der Waals surface area contributed by atoms with Gasteiger partial charge in [-0.15, -0.1) is 0 Å². The van der Waals surface area contributed by atoms with Gasteiger partial charge in [-0.3, -0.25) is 4.68 Å². The summed E-state index contributed by atoms with van der Waals surface area (Å²) in [6.45, 7) is 6.76. The van der Waals surface area contributed by atoms with Crippen LogP contribution in [0, 0.1) is 5.82 Å². The maximum absolute atomic E-state index is 14.3. The number of halogens is 1. The summed E-state index contributed by atoms with van der Waals surface area (Å²) in [5, 5.41) is 6.33. The van der Waals surface area contributed by atoms with E-state index in [0.29, 0.717) is 24.0 Å². The first-order chi connectivity index (χ1) is 19.5. The van der Waals surface area contributed by atoms with E-state index in [9.17, 15) is 17.6 Å². The smallest absolute Gasteiger partial charge is 0.410 e. The van der Waals surface area contributed by atoms with Crippen molar-refractivity contribution >= 4 is 37.9 Å². The van der Waals surface area contributed by atoms with Gasteiger partial charge in [0.1, 0.15) is 11.4 Å². The lowest BCUT2D eigenvalue weighted by Gasteiger charge is -2.33. The van der Waals surface area contributed by atoms with Crippen molar-refractivity contribution in [2.24, 2.45) is 0 Å². The lowest BCUT2D eigenvalue weighted by Crippen LogP contribution is -2.42. The molecule has 3 heterocycles. The van der Waals surface area contributed by atoms with Crippen LogP contribution in [0.1, 0.15) is 39.7 Å². The van der Waals surface area contributed by atoms with E-state index in [1.54, 1.807) is 35.4 Å². The molecule has 2 aromatic heterocycles.